The maximum absolute atomic E-state index is 11.4. The predicted molar refractivity (Wildman–Crippen MR) is 94.9 cm³/mol. The van der Waals surface area contributed by atoms with E-state index >= 15 is 0 Å². The van der Waals surface area contributed by atoms with Crippen LogP contribution in [0.25, 0.3) is 17.2 Å². The van der Waals surface area contributed by atoms with Gasteiger partial charge in [0.1, 0.15) is 0 Å². The van der Waals surface area contributed by atoms with Crippen molar-refractivity contribution in [2.45, 2.75) is 12.8 Å². The van der Waals surface area contributed by atoms with E-state index in [1.165, 1.54) is 11.8 Å². The van der Waals surface area contributed by atoms with Gasteiger partial charge in [0.05, 0.1) is 6.26 Å². The molecule has 3 heteroatoms. The van der Waals surface area contributed by atoms with E-state index in [9.17, 15) is 9.90 Å². The minimum atomic E-state index is -1.06. The normalized spacial score (nSPS) is 11.0. The summed E-state index contributed by atoms with van der Waals surface area (Å²) >= 11 is 0. The van der Waals surface area contributed by atoms with Gasteiger partial charge in [0, 0.05) is 11.1 Å². The van der Waals surface area contributed by atoms with Crippen molar-refractivity contribution in [2.75, 3.05) is 0 Å². The molecule has 0 fully saturated rings. The molecule has 0 bridgehead atoms. The van der Waals surface area contributed by atoms with Gasteiger partial charge in [-0.05, 0) is 24.0 Å². The molecule has 1 aromatic heterocycles. The summed E-state index contributed by atoms with van der Waals surface area (Å²) < 4.78 is 5.28. The molecule has 1 heterocycles. The Kier molecular flexibility index (Phi) is 4.92. The molecule has 120 valence electrons. The first-order chi connectivity index (χ1) is 11.8. The molecule has 0 spiro atoms. The molecule has 24 heavy (non-hydrogen) atoms. The van der Waals surface area contributed by atoms with Crippen molar-refractivity contribution >= 4 is 12.0 Å². The van der Waals surface area contributed by atoms with Gasteiger partial charge >= 0.3 is 5.97 Å². The summed E-state index contributed by atoms with van der Waals surface area (Å²) in [6.45, 7) is 0. The first-order valence-electron chi connectivity index (χ1n) is 7.86. The number of hydrogen-bond acceptors (Lipinski definition) is 2. The SMILES string of the molecule is O=C(O)c1occ(/C=C/CCc2ccccc2)c1-c1ccccc1. The highest BCUT2D eigenvalue weighted by Crippen LogP contribution is 2.30. The summed E-state index contributed by atoms with van der Waals surface area (Å²) in [7, 11) is 0. The van der Waals surface area contributed by atoms with Crippen LogP contribution in [0.4, 0.5) is 0 Å². The second kappa shape index (κ2) is 7.47. The highest BCUT2D eigenvalue weighted by molar-refractivity contribution is 5.96. The lowest BCUT2D eigenvalue weighted by Gasteiger charge is -2.01. The van der Waals surface area contributed by atoms with Crippen molar-refractivity contribution in [3.8, 4) is 11.1 Å². The van der Waals surface area contributed by atoms with E-state index in [0.717, 1.165) is 24.0 Å². The van der Waals surface area contributed by atoms with Crippen LogP contribution in [-0.4, -0.2) is 11.1 Å². The maximum atomic E-state index is 11.4. The minimum Gasteiger partial charge on any atom is -0.475 e. The zero-order valence-electron chi connectivity index (χ0n) is 13.2. The number of carbonyl (C=O) groups is 1. The zero-order chi connectivity index (χ0) is 16.8. The molecule has 0 radical (unpaired) electrons. The van der Waals surface area contributed by atoms with Crippen LogP contribution in [0.3, 0.4) is 0 Å². The van der Waals surface area contributed by atoms with E-state index in [4.69, 9.17) is 4.42 Å². The minimum absolute atomic E-state index is 0.0242. The van der Waals surface area contributed by atoms with Gasteiger partial charge in [-0.1, -0.05) is 72.8 Å². The second-order valence-electron chi connectivity index (χ2n) is 5.49. The van der Waals surface area contributed by atoms with Crippen molar-refractivity contribution in [3.05, 3.63) is 89.9 Å². The summed E-state index contributed by atoms with van der Waals surface area (Å²) in [5, 5.41) is 9.34. The quantitative estimate of drug-likeness (QED) is 0.671. The topological polar surface area (TPSA) is 50.4 Å². The Bertz CT molecular complexity index is 830. The summed E-state index contributed by atoms with van der Waals surface area (Å²) in [4.78, 5) is 11.4. The third kappa shape index (κ3) is 3.63. The van der Waals surface area contributed by atoms with Crippen LogP contribution in [0.15, 0.2) is 77.4 Å². The fourth-order valence-corrected chi connectivity index (χ4v) is 2.66. The Morgan fingerprint density at radius 3 is 2.33 bits per heavy atom. The molecular formula is C21H18O3. The van der Waals surface area contributed by atoms with Gasteiger partial charge in [0.2, 0.25) is 5.76 Å². The van der Waals surface area contributed by atoms with E-state index in [2.05, 4.69) is 18.2 Å². The molecule has 0 aliphatic carbocycles. The van der Waals surface area contributed by atoms with Crippen LogP contribution < -0.4 is 0 Å². The molecule has 0 saturated carbocycles. The number of allylic oxidation sites excluding steroid dienone is 1. The summed E-state index contributed by atoms with van der Waals surface area (Å²) in [6, 6.07) is 19.7. The third-order valence-electron chi connectivity index (χ3n) is 3.82. The van der Waals surface area contributed by atoms with Crippen LogP contribution >= 0.6 is 0 Å². The van der Waals surface area contributed by atoms with E-state index in [1.54, 1.807) is 0 Å². The highest BCUT2D eigenvalue weighted by atomic mass is 16.4. The highest BCUT2D eigenvalue weighted by Gasteiger charge is 2.19. The van der Waals surface area contributed by atoms with E-state index in [1.807, 2.05) is 54.6 Å². The fraction of sp³-hybridized carbons (Fsp3) is 0.0952. The lowest BCUT2D eigenvalue weighted by molar-refractivity contribution is 0.0663. The Labute approximate surface area is 140 Å². The molecule has 0 atom stereocenters. The molecule has 0 unspecified atom stereocenters. The lowest BCUT2D eigenvalue weighted by Crippen LogP contribution is -1.96. The second-order valence-corrected chi connectivity index (χ2v) is 5.49. The Morgan fingerprint density at radius 2 is 1.67 bits per heavy atom. The van der Waals surface area contributed by atoms with Gasteiger partial charge in [-0.15, -0.1) is 0 Å². The van der Waals surface area contributed by atoms with Crippen LogP contribution in [0.5, 0.6) is 0 Å². The molecule has 0 saturated heterocycles. The molecule has 0 amide bonds. The number of carboxylic acids is 1. The summed E-state index contributed by atoms with van der Waals surface area (Å²) in [6.07, 6.45) is 7.31. The Balaban J connectivity index is 1.81. The van der Waals surface area contributed by atoms with Gasteiger partial charge in [0.25, 0.3) is 0 Å². The van der Waals surface area contributed by atoms with Crippen LogP contribution in [0, 0.1) is 0 Å². The van der Waals surface area contributed by atoms with Crippen LogP contribution in [0.2, 0.25) is 0 Å². The molecule has 3 aromatic rings. The molecule has 0 aliphatic rings. The number of benzene rings is 2. The number of carboxylic acid groups (broad SMARTS) is 1. The zero-order valence-corrected chi connectivity index (χ0v) is 13.2. The lowest BCUT2D eigenvalue weighted by atomic mass is 10.0. The molecule has 2 aromatic carbocycles. The van der Waals surface area contributed by atoms with Crippen LogP contribution in [0.1, 0.15) is 28.1 Å². The average molecular weight is 318 g/mol. The van der Waals surface area contributed by atoms with Crippen molar-refractivity contribution in [1.29, 1.82) is 0 Å². The Hall–Kier alpha value is -3.07. The summed E-state index contributed by atoms with van der Waals surface area (Å²) in [5.74, 6) is -1.08. The summed E-state index contributed by atoms with van der Waals surface area (Å²) in [5.41, 5.74) is 3.53. The van der Waals surface area contributed by atoms with Gasteiger partial charge in [-0.2, -0.15) is 0 Å². The molecule has 0 aliphatic heterocycles. The Morgan fingerprint density at radius 1 is 1.00 bits per heavy atom. The molecule has 1 N–H and O–H groups in total. The van der Waals surface area contributed by atoms with Crippen molar-refractivity contribution in [1.82, 2.24) is 0 Å². The average Bonchev–Trinajstić information content (AvgIpc) is 3.04. The number of hydrogen-bond donors (Lipinski definition) is 1. The number of aryl methyl sites for hydroxylation is 1. The fourth-order valence-electron chi connectivity index (χ4n) is 2.66. The van der Waals surface area contributed by atoms with E-state index < -0.39 is 5.97 Å². The largest absolute Gasteiger partial charge is 0.475 e. The van der Waals surface area contributed by atoms with Crippen molar-refractivity contribution < 1.29 is 14.3 Å². The van der Waals surface area contributed by atoms with Gasteiger partial charge < -0.3 is 9.52 Å². The molecular weight excluding hydrogens is 300 g/mol. The number of rotatable bonds is 6. The number of aromatic carboxylic acids is 1. The first-order valence-corrected chi connectivity index (χ1v) is 7.86. The van der Waals surface area contributed by atoms with E-state index in [0.29, 0.717) is 5.56 Å². The smallest absolute Gasteiger partial charge is 0.372 e. The predicted octanol–water partition coefficient (Wildman–Crippen LogP) is 5.29. The third-order valence-corrected chi connectivity index (χ3v) is 3.82. The van der Waals surface area contributed by atoms with Crippen molar-refractivity contribution in [3.63, 3.8) is 0 Å². The monoisotopic (exact) mass is 318 g/mol. The van der Waals surface area contributed by atoms with Gasteiger partial charge in [0.15, 0.2) is 0 Å². The standard InChI is InChI=1S/C21H18O3/c22-21(23)20-19(17-12-5-2-6-13-17)18(15-24-20)14-8-7-11-16-9-3-1-4-10-16/h1-6,8-10,12-15H,7,11H2,(H,22,23)/b14-8+. The maximum Gasteiger partial charge on any atom is 0.372 e. The molecule has 3 nitrogen and oxygen atoms in total. The molecule has 3 rings (SSSR count). The number of furan rings is 1. The van der Waals surface area contributed by atoms with Gasteiger partial charge in [-0.3, -0.25) is 0 Å². The first kappa shape index (κ1) is 15.8. The van der Waals surface area contributed by atoms with Gasteiger partial charge in [-0.25, -0.2) is 4.79 Å². The van der Waals surface area contributed by atoms with Crippen LogP contribution in [-0.2, 0) is 6.42 Å². The van der Waals surface area contributed by atoms with Crippen molar-refractivity contribution in [2.24, 2.45) is 0 Å². The van der Waals surface area contributed by atoms with E-state index in [-0.39, 0.29) is 5.76 Å².